The second kappa shape index (κ2) is 11.1. The number of thioether (sulfide) groups is 1. The number of halogens is 2. The summed E-state index contributed by atoms with van der Waals surface area (Å²) in [5, 5.41) is 43.0. The van der Waals surface area contributed by atoms with Crippen molar-refractivity contribution in [1.82, 2.24) is 25.0 Å². The molecule has 2 fully saturated rings. The van der Waals surface area contributed by atoms with Gasteiger partial charge in [-0.25, -0.2) is 23.4 Å². The number of nitrogens with one attached hydrogen (secondary N) is 1. The van der Waals surface area contributed by atoms with E-state index < -0.39 is 36.0 Å². The maximum Gasteiger partial charge on any atom is 0.191 e. The number of nitrogens with zero attached hydrogens (tertiary/aromatic N) is 5. The summed E-state index contributed by atoms with van der Waals surface area (Å²) < 4.78 is 34.1. The predicted molar refractivity (Wildman–Crippen MR) is 132 cm³/mol. The first kappa shape index (κ1) is 26.2. The molecule has 3 aromatic rings. The van der Waals surface area contributed by atoms with Gasteiger partial charge in [0.2, 0.25) is 0 Å². The molecule has 1 unspecified atom stereocenters. The second-order valence-corrected chi connectivity index (χ2v) is 10.5. The first-order valence-corrected chi connectivity index (χ1v) is 13.5. The van der Waals surface area contributed by atoms with E-state index in [0.29, 0.717) is 40.5 Å². The number of rotatable bonds is 10. The minimum Gasteiger partial charge on any atom is -0.394 e. The van der Waals surface area contributed by atoms with Gasteiger partial charge < -0.3 is 25.4 Å². The number of anilines is 1. The number of aliphatic hydroxyl groups is 3. The van der Waals surface area contributed by atoms with Crippen LogP contribution in [0.15, 0.2) is 23.4 Å². The molecule has 10 nitrogen and oxygen atoms in total. The van der Waals surface area contributed by atoms with Gasteiger partial charge in [-0.15, -0.1) is 5.10 Å². The van der Waals surface area contributed by atoms with Crippen molar-refractivity contribution in [2.24, 2.45) is 0 Å². The van der Waals surface area contributed by atoms with E-state index in [1.165, 1.54) is 22.5 Å². The third-order valence-corrected chi connectivity index (χ3v) is 7.89. The number of aromatic nitrogens is 5. The van der Waals surface area contributed by atoms with Crippen molar-refractivity contribution in [3.05, 3.63) is 35.4 Å². The van der Waals surface area contributed by atoms with Gasteiger partial charge in [-0.05, 0) is 43.4 Å². The molecule has 0 saturated heterocycles. The van der Waals surface area contributed by atoms with Gasteiger partial charge >= 0.3 is 0 Å². The van der Waals surface area contributed by atoms with E-state index in [4.69, 9.17) is 9.84 Å². The summed E-state index contributed by atoms with van der Waals surface area (Å²) >= 11 is 1.49. The molecule has 0 spiro atoms. The first-order valence-electron chi connectivity index (χ1n) is 12.5. The van der Waals surface area contributed by atoms with Crippen LogP contribution in [0.1, 0.15) is 50.1 Å². The smallest absolute Gasteiger partial charge is 0.191 e. The van der Waals surface area contributed by atoms with E-state index in [9.17, 15) is 19.0 Å². The first-order chi connectivity index (χ1) is 17.9. The van der Waals surface area contributed by atoms with E-state index in [1.54, 1.807) is 6.07 Å². The molecule has 2 aliphatic carbocycles. The summed E-state index contributed by atoms with van der Waals surface area (Å²) in [6.07, 6.45) is -0.309. The molecule has 0 bridgehead atoms. The minimum absolute atomic E-state index is 0.00748. The lowest BCUT2D eigenvalue weighted by molar-refractivity contribution is -0.134. The summed E-state index contributed by atoms with van der Waals surface area (Å²) in [6.45, 7) is 1.97. The Kier molecular flexibility index (Phi) is 7.86. The van der Waals surface area contributed by atoms with Crippen molar-refractivity contribution >= 4 is 28.7 Å². The molecule has 2 heterocycles. The molecule has 4 N–H and O–H groups in total. The van der Waals surface area contributed by atoms with Crippen molar-refractivity contribution in [1.29, 1.82) is 0 Å². The summed E-state index contributed by atoms with van der Waals surface area (Å²) in [6, 6.07) is 3.34. The van der Waals surface area contributed by atoms with Crippen LogP contribution < -0.4 is 5.32 Å². The molecular formula is C24H30F2N6O4S. The Hall–Kier alpha value is -2.45. The third-order valence-electron chi connectivity index (χ3n) is 6.83. The number of hydrogen-bond donors (Lipinski definition) is 4. The van der Waals surface area contributed by atoms with Crippen LogP contribution in [-0.2, 0) is 4.74 Å². The van der Waals surface area contributed by atoms with Crippen LogP contribution in [-0.4, -0.2) is 83.6 Å². The van der Waals surface area contributed by atoms with Gasteiger partial charge in [0, 0.05) is 17.7 Å². The predicted octanol–water partition coefficient (Wildman–Crippen LogP) is 2.40. The molecule has 37 heavy (non-hydrogen) atoms. The fourth-order valence-electron chi connectivity index (χ4n) is 4.81. The van der Waals surface area contributed by atoms with Crippen LogP contribution in [0.2, 0.25) is 0 Å². The van der Waals surface area contributed by atoms with Crippen LogP contribution in [0.5, 0.6) is 0 Å². The third kappa shape index (κ3) is 5.41. The Balaban J connectivity index is 1.41. The summed E-state index contributed by atoms with van der Waals surface area (Å²) in [7, 11) is 0. The molecule has 0 aliphatic heterocycles. The number of aliphatic hydroxyl groups excluding tert-OH is 3. The molecule has 6 atom stereocenters. The van der Waals surface area contributed by atoms with Crippen LogP contribution in [0.3, 0.4) is 0 Å². The Labute approximate surface area is 216 Å². The Morgan fingerprint density at radius 1 is 1.16 bits per heavy atom. The highest BCUT2D eigenvalue weighted by Crippen LogP contribution is 2.44. The van der Waals surface area contributed by atoms with Crippen molar-refractivity contribution < 1.29 is 28.8 Å². The molecule has 2 aromatic heterocycles. The van der Waals surface area contributed by atoms with E-state index in [1.807, 2.05) is 0 Å². The number of hydrogen-bond acceptors (Lipinski definition) is 10. The van der Waals surface area contributed by atoms with Crippen molar-refractivity contribution in [2.75, 3.05) is 24.3 Å². The average Bonchev–Trinajstić information content (AvgIpc) is 3.53. The van der Waals surface area contributed by atoms with Gasteiger partial charge in [-0.2, -0.15) is 0 Å². The fraction of sp³-hybridized carbons (Fsp3) is 0.583. The van der Waals surface area contributed by atoms with E-state index >= 15 is 0 Å². The molecule has 1 aromatic carbocycles. The number of fused-ring (bicyclic) bond motifs is 1. The quantitative estimate of drug-likeness (QED) is 0.226. The zero-order chi connectivity index (χ0) is 26.1. The van der Waals surface area contributed by atoms with Gasteiger partial charge in [0.05, 0.1) is 25.4 Å². The molecule has 0 amide bonds. The molecule has 0 radical (unpaired) electrons. The minimum atomic E-state index is -1.17. The van der Waals surface area contributed by atoms with Crippen LogP contribution in [0.25, 0.3) is 11.2 Å². The molecule has 5 rings (SSSR count). The Morgan fingerprint density at radius 2 is 2.00 bits per heavy atom. The van der Waals surface area contributed by atoms with Crippen LogP contribution in [0.4, 0.5) is 14.6 Å². The Bertz CT molecular complexity index is 1250. The monoisotopic (exact) mass is 536 g/mol. The lowest BCUT2D eigenvalue weighted by atomic mass is 9.87. The van der Waals surface area contributed by atoms with Crippen molar-refractivity contribution in [2.45, 2.75) is 74.1 Å². The van der Waals surface area contributed by atoms with Gasteiger partial charge in [0.15, 0.2) is 33.8 Å². The lowest BCUT2D eigenvalue weighted by Crippen LogP contribution is -2.48. The fourth-order valence-corrected chi connectivity index (χ4v) is 5.50. The maximum atomic E-state index is 13.7. The SMILES string of the molecule is CCCSc1nc(N[C@@H]2C[C@H]2c2ccc(F)c(F)c2)c2nnn([C@@H]3CC[C@H](OCCO)[C@H](O)C3O)c2n1. The molecule has 13 heteroatoms. The van der Waals surface area contributed by atoms with Crippen LogP contribution >= 0.6 is 11.8 Å². The largest absolute Gasteiger partial charge is 0.394 e. The second-order valence-electron chi connectivity index (χ2n) is 9.43. The highest BCUT2D eigenvalue weighted by atomic mass is 32.2. The number of ether oxygens (including phenoxy) is 1. The molecular weight excluding hydrogens is 506 g/mol. The van der Waals surface area contributed by atoms with E-state index in [2.05, 4.69) is 32.5 Å². The summed E-state index contributed by atoms with van der Waals surface area (Å²) in [5.74, 6) is -0.442. The molecule has 2 aliphatic rings. The number of benzene rings is 1. The summed E-state index contributed by atoms with van der Waals surface area (Å²) in [5.41, 5.74) is 1.58. The normalized spacial score (nSPS) is 27.5. The lowest BCUT2D eigenvalue weighted by Gasteiger charge is -2.37. The van der Waals surface area contributed by atoms with Gasteiger partial charge in [-0.3, -0.25) is 0 Å². The van der Waals surface area contributed by atoms with E-state index in [-0.39, 0.29) is 25.2 Å². The topological polar surface area (TPSA) is 138 Å². The standard InChI is InChI=1S/C24H30F2N6O4S/c1-2-9-37-24-28-22(27-16-11-13(16)12-3-4-14(25)15(26)10-12)19-23(29-24)32(31-30-19)17-5-6-18(36-8-7-33)21(35)20(17)34/h3-4,10,13,16-18,20-21,33-35H,2,5-9,11H2,1H3,(H,27,28,29)/t13-,16+,17+,18-,20?,21-/m0/s1. The maximum absolute atomic E-state index is 13.7. The van der Waals surface area contributed by atoms with Gasteiger partial charge in [-0.1, -0.05) is 30.0 Å². The zero-order valence-corrected chi connectivity index (χ0v) is 21.1. The molecule has 200 valence electrons. The van der Waals surface area contributed by atoms with Gasteiger partial charge in [0.25, 0.3) is 0 Å². The van der Waals surface area contributed by atoms with Crippen molar-refractivity contribution in [3.8, 4) is 0 Å². The highest BCUT2D eigenvalue weighted by Gasteiger charge is 2.42. The summed E-state index contributed by atoms with van der Waals surface area (Å²) in [4.78, 5) is 9.32. The zero-order valence-electron chi connectivity index (χ0n) is 20.3. The Morgan fingerprint density at radius 3 is 2.76 bits per heavy atom. The highest BCUT2D eigenvalue weighted by molar-refractivity contribution is 7.99. The van der Waals surface area contributed by atoms with Crippen molar-refractivity contribution in [3.63, 3.8) is 0 Å². The van der Waals surface area contributed by atoms with Crippen LogP contribution in [0, 0.1) is 11.6 Å². The molecule has 2 saturated carbocycles. The van der Waals surface area contributed by atoms with E-state index in [0.717, 1.165) is 24.7 Å². The van der Waals surface area contributed by atoms with Gasteiger partial charge in [0.1, 0.15) is 12.2 Å². The average molecular weight is 537 g/mol.